The molecule has 3 nitrogen and oxygen atoms in total. The number of aliphatic hydroxyl groups excluding tert-OH is 2. The quantitative estimate of drug-likeness (QED) is 0.775. The van der Waals surface area contributed by atoms with Gasteiger partial charge in [0, 0.05) is 17.3 Å². The number of allylic oxidation sites excluding steroid dienone is 4. The van der Waals surface area contributed by atoms with Crippen molar-refractivity contribution in [3.63, 3.8) is 0 Å². The molecule has 132 valence electrons. The van der Waals surface area contributed by atoms with E-state index in [9.17, 15) is 19.4 Å². The Labute approximate surface area is 142 Å². The fourth-order valence-electron chi connectivity index (χ4n) is 6.63. The molecule has 4 aliphatic rings. The SMILES string of the molecule is C[C@]12C[C@H](O)[C@H]3[C@@H](CCC4=CC(=O)C=C[C@@]43C)[C@@H]1C[C@@H](CF)[C@H]2O. The molecule has 2 N–H and O–H groups in total. The van der Waals surface area contributed by atoms with E-state index >= 15 is 0 Å². The summed E-state index contributed by atoms with van der Waals surface area (Å²) in [6.07, 6.45) is 7.13. The summed E-state index contributed by atoms with van der Waals surface area (Å²) < 4.78 is 13.4. The Balaban J connectivity index is 1.74. The zero-order valence-electron chi connectivity index (χ0n) is 14.4. The lowest BCUT2D eigenvalue weighted by molar-refractivity contribution is -0.131. The molecule has 0 saturated heterocycles. The van der Waals surface area contributed by atoms with Crippen LogP contribution in [0.15, 0.2) is 23.8 Å². The molecule has 0 aromatic rings. The van der Waals surface area contributed by atoms with E-state index in [1.165, 1.54) is 0 Å². The number of fused-ring (bicyclic) bond motifs is 5. The molecule has 0 radical (unpaired) electrons. The van der Waals surface area contributed by atoms with Crippen molar-refractivity contribution < 1.29 is 19.4 Å². The lowest BCUT2D eigenvalue weighted by atomic mass is 9.47. The van der Waals surface area contributed by atoms with Gasteiger partial charge in [-0.15, -0.1) is 0 Å². The van der Waals surface area contributed by atoms with E-state index in [0.29, 0.717) is 12.8 Å². The summed E-state index contributed by atoms with van der Waals surface area (Å²) in [7, 11) is 0. The zero-order valence-corrected chi connectivity index (χ0v) is 14.4. The first-order chi connectivity index (χ1) is 11.3. The van der Waals surface area contributed by atoms with Gasteiger partial charge in [0.1, 0.15) is 0 Å². The molecule has 0 aromatic heterocycles. The van der Waals surface area contributed by atoms with Crippen LogP contribution in [-0.2, 0) is 4.79 Å². The smallest absolute Gasteiger partial charge is 0.178 e. The number of hydrogen-bond donors (Lipinski definition) is 2. The minimum Gasteiger partial charge on any atom is -0.393 e. The topological polar surface area (TPSA) is 57.5 Å². The van der Waals surface area contributed by atoms with Gasteiger partial charge >= 0.3 is 0 Å². The first-order valence-electron chi connectivity index (χ1n) is 9.17. The Hall–Kier alpha value is -1.00. The van der Waals surface area contributed by atoms with Crippen molar-refractivity contribution in [2.75, 3.05) is 6.67 Å². The van der Waals surface area contributed by atoms with Crippen molar-refractivity contribution in [1.82, 2.24) is 0 Å². The lowest BCUT2D eigenvalue weighted by Gasteiger charge is -2.58. The molecule has 0 amide bonds. The number of rotatable bonds is 1. The first-order valence-corrected chi connectivity index (χ1v) is 9.17. The van der Waals surface area contributed by atoms with Crippen molar-refractivity contribution in [2.24, 2.45) is 34.5 Å². The summed E-state index contributed by atoms with van der Waals surface area (Å²) in [5.41, 5.74) is 0.430. The standard InChI is InChI=1S/C20H27FO3/c1-19-6-5-13(22)8-12(19)3-4-14-15-7-11(10-21)18(24)20(15,2)9-16(23)17(14)19/h5-6,8,11,14-18,23-24H,3-4,7,9-10H2,1-2H3/t11-,14-,15-,16-,17+,18+,19-,20-/m0/s1. The van der Waals surface area contributed by atoms with E-state index in [1.54, 1.807) is 12.2 Å². The van der Waals surface area contributed by atoms with Crippen LogP contribution in [-0.4, -0.2) is 34.9 Å². The summed E-state index contributed by atoms with van der Waals surface area (Å²) >= 11 is 0. The molecule has 0 heterocycles. The number of alkyl halides is 1. The van der Waals surface area contributed by atoms with Gasteiger partial charge in [0.25, 0.3) is 0 Å². The van der Waals surface area contributed by atoms with Crippen molar-refractivity contribution in [1.29, 1.82) is 0 Å². The Morgan fingerprint density at radius 3 is 2.79 bits per heavy atom. The van der Waals surface area contributed by atoms with E-state index in [2.05, 4.69) is 6.92 Å². The van der Waals surface area contributed by atoms with Crippen molar-refractivity contribution >= 4 is 5.78 Å². The van der Waals surface area contributed by atoms with Crippen molar-refractivity contribution in [3.8, 4) is 0 Å². The molecule has 0 unspecified atom stereocenters. The van der Waals surface area contributed by atoms with Gasteiger partial charge < -0.3 is 10.2 Å². The predicted molar refractivity (Wildman–Crippen MR) is 88.9 cm³/mol. The molecule has 0 aliphatic heterocycles. The Morgan fingerprint density at radius 1 is 1.33 bits per heavy atom. The van der Waals surface area contributed by atoms with Crippen LogP contribution in [0.25, 0.3) is 0 Å². The van der Waals surface area contributed by atoms with Gasteiger partial charge in [-0.2, -0.15) is 0 Å². The summed E-state index contributed by atoms with van der Waals surface area (Å²) in [6, 6.07) is 0. The van der Waals surface area contributed by atoms with Crippen LogP contribution in [0.1, 0.15) is 39.5 Å². The maximum Gasteiger partial charge on any atom is 0.178 e. The number of ketones is 1. The Morgan fingerprint density at radius 2 is 2.08 bits per heavy atom. The molecule has 4 aliphatic carbocycles. The normalized spacial score (nSPS) is 53.2. The number of aliphatic hydroxyl groups is 2. The number of hydrogen-bond acceptors (Lipinski definition) is 3. The average molecular weight is 334 g/mol. The number of halogens is 1. The van der Waals surface area contributed by atoms with Crippen LogP contribution < -0.4 is 0 Å². The van der Waals surface area contributed by atoms with Crippen LogP contribution in [0.2, 0.25) is 0 Å². The summed E-state index contributed by atoms with van der Waals surface area (Å²) in [4.78, 5) is 11.8. The monoisotopic (exact) mass is 334 g/mol. The van der Waals surface area contributed by atoms with Crippen LogP contribution in [0, 0.1) is 34.5 Å². The molecular formula is C20H27FO3. The van der Waals surface area contributed by atoms with Crippen LogP contribution in [0.4, 0.5) is 4.39 Å². The highest BCUT2D eigenvalue weighted by Gasteiger charge is 2.63. The highest BCUT2D eigenvalue weighted by Crippen LogP contribution is 2.65. The van der Waals surface area contributed by atoms with E-state index in [4.69, 9.17) is 0 Å². The molecule has 0 spiro atoms. The van der Waals surface area contributed by atoms with Crippen molar-refractivity contribution in [3.05, 3.63) is 23.8 Å². The maximum absolute atomic E-state index is 13.4. The average Bonchev–Trinajstić information content (AvgIpc) is 2.79. The van der Waals surface area contributed by atoms with Gasteiger partial charge in [0.2, 0.25) is 0 Å². The Kier molecular flexibility index (Phi) is 3.60. The van der Waals surface area contributed by atoms with Gasteiger partial charge in [-0.25, -0.2) is 0 Å². The minimum atomic E-state index is -0.670. The molecule has 3 fully saturated rings. The summed E-state index contributed by atoms with van der Waals surface area (Å²) in [6.45, 7) is 3.67. The van der Waals surface area contributed by atoms with Crippen LogP contribution in [0.3, 0.4) is 0 Å². The molecular weight excluding hydrogens is 307 g/mol. The fourth-order valence-corrected chi connectivity index (χ4v) is 6.63. The Bertz CT molecular complexity index is 626. The molecule has 24 heavy (non-hydrogen) atoms. The zero-order chi connectivity index (χ0) is 17.3. The molecule has 4 heteroatoms. The van der Waals surface area contributed by atoms with E-state index in [-0.39, 0.29) is 34.9 Å². The van der Waals surface area contributed by atoms with E-state index in [0.717, 1.165) is 18.4 Å². The second-order valence-corrected chi connectivity index (χ2v) is 8.89. The molecule has 4 rings (SSSR count). The van der Waals surface area contributed by atoms with E-state index in [1.807, 2.05) is 13.0 Å². The third-order valence-corrected chi connectivity index (χ3v) is 7.81. The van der Waals surface area contributed by atoms with Gasteiger partial charge in [-0.3, -0.25) is 9.18 Å². The first kappa shape index (κ1) is 16.5. The minimum absolute atomic E-state index is 0.0323. The highest BCUT2D eigenvalue weighted by atomic mass is 19.1. The molecule has 0 aromatic carbocycles. The van der Waals surface area contributed by atoms with Crippen LogP contribution in [0.5, 0.6) is 0 Å². The van der Waals surface area contributed by atoms with Gasteiger partial charge in [-0.05, 0) is 55.1 Å². The second-order valence-electron chi connectivity index (χ2n) is 8.89. The van der Waals surface area contributed by atoms with E-state index < -0.39 is 24.3 Å². The number of carbonyl (C=O) groups is 1. The van der Waals surface area contributed by atoms with Crippen molar-refractivity contribution in [2.45, 2.75) is 51.7 Å². The largest absolute Gasteiger partial charge is 0.393 e. The third kappa shape index (κ3) is 1.99. The fraction of sp³-hybridized carbons (Fsp3) is 0.750. The highest BCUT2D eigenvalue weighted by molar-refractivity contribution is 6.01. The third-order valence-electron chi connectivity index (χ3n) is 7.81. The lowest BCUT2D eigenvalue weighted by Crippen LogP contribution is -2.56. The maximum atomic E-state index is 13.4. The van der Waals surface area contributed by atoms with Gasteiger partial charge in [0.15, 0.2) is 5.78 Å². The van der Waals surface area contributed by atoms with Gasteiger partial charge in [0.05, 0.1) is 18.9 Å². The molecule has 8 atom stereocenters. The second kappa shape index (κ2) is 5.25. The number of carbonyl (C=O) groups excluding carboxylic acids is 1. The van der Waals surface area contributed by atoms with Crippen LogP contribution >= 0.6 is 0 Å². The summed E-state index contributed by atoms with van der Waals surface area (Å²) in [5, 5.41) is 21.7. The molecule has 3 saturated carbocycles. The predicted octanol–water partition coefficient (Wildman–Crippen LogP) is 2.82. The molecule has 0 bridgehead atoms. The summed E-state index contributed by atoms with van der Waals surface area (Å²) in [5.74, 6) is 0.283. The van der Waals surface area contributed by atoms with Gasteiger partial charge in [-0.1, -0.05) is 25.5 Å².